The van der Waals surface area contributed by atoms with Crippen LogP contribution in [0.25, 0.3) is 5.69 Å². The van der Waals surface area contributed by atoms with Crippen LogP contribution in [0, 0.1) is 34.9 Å². The van der Waals surface area contributed by atoms with Gasteiger partial charge in [-0.25, -0.2) is 26.3 Å². The molecule has 14 heteroatoms. The molecular formula is C34H28F6N4O3S. The SMILES string of the molecule is COc1cccc(-n2c(SCc3c(F)c(F)c(F)c(F)c3F)nnc2C(CCCNC(=O)c2ccccc2O)Cc2ccc(F)cc2)c1. The van der Waals surface area contributed by atoms with E-state index in [0.717, 1.165) is 17.3 Å². The van der Waals surface area contributed by atoms with Crippen molar-refractivity contribution in [2.45, 2.75) is 36.1 Å². The first-order valence-corrected chi connectivity index (χ1v) is 15.6. The van der Waals surface area contributed by atoms with Crippen LogP contribution in [-0.4, -0.2) is 39.4 Å². The largest absolute Gasteiger partial charge is 0.507 e. The van der Waals surface area contributed by atoms with Crippen LogP contribution in [0.1, 0.15) is 46.1 Å². The van der Waals surface area contributed by atoms with Crippen LogP contribution in [0.2, 0.25) is 0 Å². The van der Waals surface area contributed by atoms with Crippen LogP contribution < -0.4 is 10.1 Å². The van der Waals surface area contributed by atoms with Crippen LogP contribution in [-0.2, 0) is 12.2 Å². The Hall–Kier alpha value is -4.98. The van der Waals surface area contributed by atoms with E-state index in [0.29, 0.717) is 36.5 Å². The van der Waals surface area contributed by atoms with Crippen LogP contribution in [0.15, 0.2) is 78.0 Å². The summed E-state index contributed by atoms with van der Waals surface area (Å²) in [5.41, 5.74) is 0.358. The van der Waals surface area contributed by atoms with Gasteiger partial charge in [0.2, 0.25) is 5.82 Å². The topological polar surface area (TPSA) is 89.3 Å². The van der Waals surface area contributed by atoms with E-state index in [-0.39, 0.29) is 23.0 Å². The Morgan fingerprint density at radius 2 is 1.58 bits per heavy atom. The highest BCUT2D eigenvalue weighted by atomic mass is 32.2. The van der Waals surface area contributed by atoms with E-state index in [4.69, 9.17) is 4.74 Å². The number of aromatic hydroxyl groups is 1. The van der Waals surface area contributed by atoms with Crippen LogP contribution in [0.5, 0.6) is 11.5 Å². The molecule has 1 aromatic heterocycles. The first kappa shape index (κ1) is 34.4. The summed E-state index contributed by atoms with van der Waals surface area (Å²) in [6.45, 7) is 0.224. The molecule has 7 nitrogen and oxygen atoms in total. The van der Waals surface area contributed by atoms with Gasteiger partial charge < -0.3 is 15.2 Å². The number of ether oxygens (including phenoxy) is 1. The molecule has 0 aliphatic rings. The summed E-state index contributed by atoms with van der Waals surface area (Å²) < 4.78 is 91.3. The second-order valence-corrected chi connectivity index (χ2v) is 11.6. The standard InChI is InChI=1S/C34H28F6N4O3S/c1-47-23-8-4-7-22(17-23)44-32(42-43-34(44)48-18-25-27(36)29(38)31(40)30(39)28(25)37)20(16-19-11-13-21(35)14-12-19)6-5-15-41-33(46)24-9-2-3-10-26(24)45/h2-4,7-14,17,20,45H,5-6,15-16,18H2,1H3,(H,41,46). The molecule has 0 saturated heterocycles. The smallest absolute Gasteiger partial charge is 0.255 e. The molecule has 0 aliphatic carbocycles. The molecule has 5 rings (SSSR count). The summed E-state index contributed by atoms with van der Waals surface area (Å²) in [6, 6.07) is 18.7. The quantitative estimate of drug-likeness (QED) is 0.0435. The number of para-hydroxylation sites is 1. The predicted molar refractivity (Wildman–Crippen MR) is 166 cm³/mol. The van der Waals surface area contributed by atoms with Crippen molar-refractivity contribution < 1.29 is 41.0 Å². The average molecular weight is 687 g/mol. The van der Waals surface area contributed by atoms with Crippen LogP contribution in [0.4, 0.5) is 26.3 Å². The third kappa shape index (κ3) is 7.59. The maximum absolute atomic E-state index is 14.5. The number of thioether (sulfide) groups is 1. The van der Waals surface area contributed by atoms with E-state index in [1.165, 1.54) is 31.4 Å². The lowest BCUT2D eigenvalue weighted by atomic mass is 9.93. The van der Waals surface area contributed by atoms with Gasteiger partial charge in [0.25, 0.3) is 5.91 Å². The number of methoxy groups -OCH3 is 1. The Kier molecular flexibility index (Phi) is 10.9. The zero-order valence-corrected chi connectivity index (χ0v) is 26.1. The highest BCUT2D eigenvalue weighted by molar-refractivity contribution is 7.98. The number of hydrogen-bond acceptors (Lipinski definition) is 6. The van der Waals surface area contributed by atoms with Crippen molar-refractivity contribution >= 4 is 17.7 Å². The molecule has 0 radical (unpaired) electrons. The Bertz CT molecular complexity index is 1890. The van der Waals surface area contributed by atoms with Crippen molar-refractivity contribution in [3.05, 3.63) is 130 Å². The fourth-order valence-corrected chi connectivity index (χ4v) is 6.04. The molecule has 250 valence electrons. The zero-order chi connectivity index (χ0) is 34.4. The molecule has 1 heterocycles. The van der Waals surface area contributed by atoms with E-state index < -0.39 is 58.0 Å². The fourth-order valence-electron chi connectivity index (χ4n) is 5.08. The molecule has 48 heavy (non-hydrogen) atoms. The van der Waals surface area contributed by atoms with Gasteiger partial charge in [-0.1, -0.05) is 42.1 Å². The molecule has 1 atom stereocenters. The Balaban J connectivity index is 1.48. The molecule has 1 amide bonds. The number of amides is 1. The normalized spacial score (nSPS) is 11.8. The lowest BCUT2D eigenvalue weighted by molar-refractivity contribution is 0.0950. The van der Waals surface area contributed by atoms with Crippen LogP contribution >= 0.6 is 11.8 Å². The zero-order valence-electron chi connectivity index (χ0n) is 25.3. The number of halogens is 6. The number of benzene rings is 4. The minimum atomic E-state index is -2.25. The molecule has 0 saturated carbocycles. The minimum absolute atomic E-state index is 0.0964. The number of carbonyl (C=O) groups excluding carboxylic acids is 1. The number of aromatic nitrogens is 3. The fraction of sp³-hybridized carbons (Fsp3) is 0.206. The summed E-state index contributed by atoms with van der Waals surface area (Å²) in [4.78, 5) is 12.6. The van der Waals surface area contributed by atoms with Gasteiger partial charge in [0.1, 0.15) is 23.1 Å². The number of nitrogens with one attached hydrogen (secondary N) is 1. The molecule has 4 aromatic carbocycles. The third-order valence-electron chi connectivity index (χ3n) is 7.54. The van der Waals surface area contributed by atoms with Gasteiger partial charge in [-0.15, -0.1) is 10.2 Å². The highest BCUT2D eigenvalue weighted by Crippen LogP contribution is 2.34. The van der Waals surface area contributed by atoms with Gasteiger partial charge in [0.15, 0.2) is 28.4 Å². The molecule has 5 aromatic rings. The summed E-state index contributed by atoms with van der Waals surface area (Å²) >= 11 is 0.720. The number of phenolic OH excluding ortho intramolecular Hbond substituents is 1. The van der Waals surface area contributed by atoms with Crippen molar-refractivity contribution in [2.75, 3.05) is 13.7 Å². The van der Waals surface area contributed by atoms with Crippen LogP contribution in [0.3, 0.4) is 0 Å². The van der Waals surface area contributed by atoms with Crippen molar-refractivity contribution in [3.8, 4) is 17.2 Å². The molecular weight excluding hydrogens is 658 g/mol. The van der Waals surface area contributed by atoms with E-state index >= 15 is 0 Å². The summed E-state index contributed by atoms with van der Waals surface area (Å²) in [7, 11) is 1.46. The Labute approximate surface area is 275 Å². The predicted octanol–water partition coefficient (Wildman–Crippen LogP) is 7.64. The van der Waals surface area contributed by atoms with Crippen molar-refractivity contribution in [2.24, 2.45) is 0 Å². The van der Waals surface area contributed by atoms with Crippen molar-refractivity contribution in [3.63, 3.8) is 0 Å². The average Bonchev–Trinajstić information content (AvgIpc) is 3.52. The number of rotatable bonds is 13. The molecule has 0 bridgehead atoms. The van der Waals surface area contributed by atoms with E-state index in [2.05, 4.69) is 15.5 Å². The maximum Gasteiger partial charge on any atom is 0.255 e. The highest BCUT2D eigenvalue weighted by Gasteiger charge is 2.28. The monoisotopic (exact) mass is 686 g/mol. The van der Waals surface area contributed by atoms with Gasteiger partial charge in [0.05, 0.1) is 18.4 Å². The number of phenols is 1. The maximum atomic E-state index is 14.5. The second kappa shape index (κ2) is 15.3. The van der Waals surface area contributed by atoms with Gasteiger partial charge >= 0.3 is 0 Å². The molecule has 1 unspecified atom stereocenters. The van der Waals surface area contributed by atoms with E-state index in [9.17, 15) is 36.2 Å². The van der Waals surface area contributed by atoms with Gasteiger partial charge in [-0.05, 0) is 61.2 Å². The number of hydrogen-bond donors (Lipinski definition) is 2. The Morgan fingerprint density at radius 1 is 0.896 bits per heavy atom. The second-order valence-electron chi connectivity index (χ2n) is 10.7. The first-order valence-electron chi connectivity index (χ1n) is 14.6. The lowest BCUT2D eigenvalue weighted by Gasteiger charge is -2.19. The summed E-state index contributed by atoms with van der Waals surface area (Å²) in [6.07, 6.45) is 1.20. The molecule has 0 aliphatic heterocycles. The van der Waals surface area contributed by atoms with Crippen molar-refractivity contribution in [1.29, 1.82) is 0 Å². The van der Waals surface area contributed by atoms with Gasteiger partial charge in [0, 0.05) is 29.8 Å². The minimum Gasteiger partial charge on any atom is -0.507 e. The summed E-state index contributed by atoms with van der Waals surface area (Å²) in [5.74, 6) is -11.5. The van der Waals surface area contributed by atoms with Gasteiger partial charge in [-0.3, -0.25) is 9.36 Å². The molecule has 0 spiro atoms. The van der Waals surface area contributed by atoms with Gasteiger partial charge in [-0.2, -0.15) is 0 Å². The van der Waals surface area contributed by atoms with Crippen molar-refractivity contribution in [1.82, 2.24) is 20.1 Å². The molecule has 0 fully saturated rings. The Morgan fingerprint density at radius 3 is 2.27 bits per heavy atom. The lowest BCUT2D eigenvalue weighted by Crippen LogP contribution is -2.25. The summed E-state index contributed by atoms with van der Waals surface area (Å²) in [5, 5.41) is 21.5. The third-order valence-corrected chi connectivity index (χ3v) is 8.50. The molecule has 2 N–H and O–H groups in total. The number of carbonyl (C=O) groups is 1. The van der Waals surface area contributed by atoms with E-state index in [1.54, 1.807) is 53.1 Å². The number of nitrogens with zero attached hydrogens (tertiary/aromatic N) is 3. The first-order chi connectivity index (χ1) is 23.1. The van der Waals surface area contributed by atoms with E-state index in [1.807, 2.05) is 0 Å².